The lowest BCUT2D eigenvalue weighted by Gasteiger charge is -2.24. The minimum absolute atomic E-state index is 0.00794. The number of rotatable bonds is 5. The number of methoxy groups -OCH3 is 3. The number of thiazole rings is 1. The number of nitrogens with zero attached hydrogens (tertiary/aromatic N) is 2. The average molecular weight is 543 g/mol. The van der Waals surface area contributed by atoms with E-state index in [-0.39, 0.29) is 16.8 Å². The lowest BCUT2D eigenvalue weighted by atomic mass is 9.98. The first-order valence-electron chi connectivity index (χ1n) is 10.2. The largest absolute Gasteiger partial charge is 0.493 e. The number of halogens is 1. The minimum Gasteiger partial charge on any atom is -0.493 e. The van der Waals surface area contributed by atoms with E-state index in [0.29, 0.717) is 38.9 Å². The second-order valence-electron chi connectivity index (χ2n) is 7.62. The molecule has 0 radical (unpaired) electrons. The fourth-order valence-corrected chi connectivity index (χ4v) is 5.36. The van der Waals surface area contributed by atoms with Crippen molar-refractivity contribution in [2.24, 2.45) is 0 Å². The first-order valence-corrected chi connectivity index (χ1v) is 11.9. The highest BCUT2D eigenvalue weighted by atomic mass is 79.9. The molecule has 34 heavy (non-hydrogen) atoms. The van der Waals surface area contributed by atoms with Gasteiger partial charge in [0.2, 0.25) is 11.5 Å². The molecule has 0 saturated heterocycles. The molecule has 174 valence electrons. The molecular weight excluding hydrogens is 524 g/mol. The molecule has 10 heteroatoms. The average Bonchev–Trinajstić information content (AvgIpc) is 3.39. The minimum atomic E-state index is -0.804. The molecule has 1 aliphatic rings. The Hall–Kier alpha value is -3.37. The van der Waals surface area contributed by atoms with E-state index in [0.717, 1.165) is 10.2 Å². The third-order valence-corrected chi connectivity index (χ3v) is 7.10. The Morgan fingerprint density at radius 3 is 2.35 bits per heavy atom. The van der Waals surface area contributed by atoms with Crippen LogP contribution in [0.15, 0.2) is 49.4 Å². The molecule has 0 fully saturated rings. The van der Waals surface area contributed by atoms with Crippen molar-refractivity contribution >= 4 is 49.3 Å². The molecule has 4 aromatic rings. The molecule has 2 aromatic carbocycles. The van der Waals surface area contributed by atoms with Crippen molar-refractivity contribution in [1.29, 1.82) is 0 Å². The second kappa shape index (κ2) is 8.44. The summed E-state index contributed by atoms with van der Waals surface area (Å²) >= 11 is 4.73. The summed E-state index contributed by atoms with van der Waals surface area (Å²) in [6.45, 7) is 1.84. The van der Waals surface area contributed by atoms with Crippen LogP contribution in [-0.2, 0) is 0 Å². The van der Waals surface area contributed by atoms with Crippen LogP contribution in [0, 0.1) is 6.92 Å². The Labute approximate surface area is 206 Å². The topological polar surface area (TPSA) is 91.1 Å². The van der Waals surface area contributed by atoms with Gasteiger partial charge >= 0.3 is 0 Å². The molecule has 0 spiro atoms. The monoisotopic (exact) mass is 542 g/mol. The number of anilines is 1. The molecular formula is C24H19BrN2O6S. The van der Waals surface area contributed by atoms with Gasteiger partial charge in [-0.25, -0.2) is 4.98 Å². The number of carbonyl (C=O) groups excluding carboxylic acids is 1. The first kappa shape index (κ1) is 22.4. The van der Waals surface area contributed by atoms with Crippen molar-refractivity contribution in [3.8, 4) is 17.2 Å². The summed E-state index contributed by atoms with van der Waals surface area (Å²) < 4.78 is 23.2. The number of fused-ring (bicyclic) bond motifs is 2. The zero-order valence-electron chi connectivity index (χ0n) is 18.7. The molecule has 0 unspecified atom stereocenters. The SMILES string of the molecule is COc1cc([C@H]2c3c(oc4ccc(Br)cc4c3=O)C(=O)N2c2nc(C)cs2)cc(OC)c1OC. The van der Waals surface area contributed by atoms with E-state index in [1.54, 1.807) is 30.3 Å². The van der Waals surface area contributed by atoms with Gasteiger partial charge in [0, 0.05) is 9.85 Å². The van der Waals surface area contributed by atoms with E-state index in [2.05, 4.69) is 20.9 Å². The zero-order chi connectivity index (χ0) is 24.1. The van der Waals surface area contributed by atoms with Gasteiger partial charge in [0.15, 0.2) is 22.1 Å². The highest BCUT2D eigenvalue weighted by Gasteiger charge is 2.45. The molecule has 1 aliphatic heterocycles. The van der Waals surface area contributed by atoms with Gasteiger partial charge in [-0.3, -0.25) is 14.5 Å². The van der Waals surface area contributed by atoms with E-state index < -0.39 is 11.9 Å². The van der Waals surface area contributed by atoms with Crippen LogP contribution in [0.25, 0.3) is 11.0 Å². The first-order chi connectivity index (χ1) is 16.4. The Bertz CT molecular complexity index is 1490. The van der Waals surface area contributed by atoms with E-state index in [4.69, 9.17) is 18.6 Å². The van der Waals surface area contributed by atoms with Crippen LogP contribution in [0.1, 0.15) is 33.4 Å². The fraction of sp³-hybridized carbons (Fsp3) is 0.208. The summed E-state index contributed by atoms with van der Waals surface area (Å²) in [5.41, 5.74) is 1.64. The third kappa shape index (κ3) is 3.36. The summed E-state index contributed by atoms with van der Waals surface area (Å²) in [5.74, 6) is 0.766. The number of amides is 1. The summed E-state index contributed by atoms with van der Waals surface area (Å²) in [6.07, 6.45) is 0. The van der Waals surface area contributed by atoms with Crippen LogP contribution in [-0.4, -0.2) is 32.2 Å². The van der Waals surface area contributed by atoms with Crippen molar-refractivity contribution < 1.29 is 23.4 Å². The number of carbonyl (C=O) groups is 1. The van der Waals surface area contributed by atoms with E-state index in [1.807, 2.05) is 12.3 Å². The van der Waals surface area contributed by atoms with Gasteiger partial charge in [0.25, 0.3) is 5.91 Å². The number of hydrogen-bond donors (Lipinski definition) is 0. The Morgan fingerprint density at radius 2 is 1.76 bits per heavy atom. The molecule has 5 rings (SSSR count). The van der Waals surface area contributed by atoms with Crippen LogP contribution < -0.4 is 24.5 Å². The summed E-state index contributed by atoms with van der Waals surface area (Å²) in [6, 6.07) is 7.77. The summed E-state index contributed by atoms with van der Waals surface area (Å²) in [7, 11) is 4.53. The van der Waals surface area contributed by atoms with Crippen molar-refractivity contribution in [2.45, 2.75) is 13.0 Å². The lowest BCUT2D eigenvalue weighted by molar-refractivity contribution is 0.0971. The van der Waals surface area contributed by atoms with Crippen molar-refractivity contribution in [1.82, 2.24) is 4.98 Å². The summed E-state index contributed by atoms with van der Waals surface area (Å²) in [5, 5.41) is 2.67. The maximum absolute atomic E-state index is 13.8. The Morgan fingerprint density at radius 1 is 1.06 bits per heavy atom. The van der Waals surface area contributed by atoms with E-state index >= 15 is 0 Å². The number of hydrogen-bond acceptors (Lipinski definition) is 8. The second-order valence-corrected chi connectivity index (χ2v) is 9.37. The molecule has 2 aromatic heterocycles. The van der Waals surface area contributed by atoms with Gasteiger partial charge in [0.1, 0.15) is 5.58 Å². The molecule has 8 nitrogen and oxygen atoms in total. The van der Waals surface area contributed by atoms with Gasteiger partial charge in [0.05, 0.1) is 44.0 Å². The zero-order valence-corrected chi connectivity index (χ0v) is 21.1. The molecule has 3 heterocycles. The fourth-order valence-electron chi connectivity index (χ4n) is 4.17. The summed E-state index contributed by atoms with van der Waals surface area (Å²) in [4.78, 5) is 33.4. The number of ether oxygens (including phenoxy) is 3. The molecule has 0 saturated carbocycles. The quantitative estimate of drug-likeness (QED) is 0.346. The van der Waals surface area contributed by atoms with Crippen LogP contribution in [0.2, 0.25) is 0 Å². The van der Waals surface area contributed by atoms with Crippen molar-refractivity contribution in [3.05, 3.63) is 73.0 Å². The van der Waals surface area contributed by atoms with Gasteiger partial charge in [-0.1, -0.05) is 15.9 Å². The van der Waals surface area contributed by atoms with Crippen molar-refractivity contribution in [3.63, 3.8) is 0 Å². The highest BCUT2D eigenvalue weighted by Crippen LogP contribution is 2.46. The molecule has 0 aliphatic carbocycles. The third-order valence-electron chi connectivity index (χ3n) is 5.65. The smallest absolute Gasteiger partial charge is 0.297 e. The highest BCUT2D eigenvalue weighted by molar-refractivity contribution is 9.10. The van der Waals surface area contributed by atoms with Crippen LogP contribution in [0.4, 0.5) is 5.13 Å². The van der Waals surface area contributed by atoms with Crippen molar-refractivity contribution in [2.75, 3.05) is 26.2 Å². The van der Waals surface area contributed by atoms with E-state index in [9.17, 15) is 9.59 Å². The predicted octanol–water partition coefficient (Wildman–Crippen LogP) is 5.10. The van der Waals surface area contributed by atoms with Gasteiger partial charge < -0.3 is 18.6 Å². The predicted molar refractivity (Wildman–Crippen MR) is 132 cm³/mol. The molecule has 0 N–H and O–H groups in total. The molecule has 0 bridgehead atoms. The normalized spacial score (nSPS) is 15.0. The van der Waals surface area contributed by atoms with Gasteiger partial charge in [-0.05, 0) is 42.8 Å². The molecule has 1 atom stereocenters. The van der Waals surface area contributed by atoms with Gasteiger partial charge in [-0.2, -0.15) is 0 Å². The standard InChI is InChI=1S/C24H19BrN2O6S/c1-11-10-34-24(26-11)27-19(12-7-16(30-2)21(32-4)17(8-12)31-3)18-20(28)14-9-13(25)5-6-15(14)33-22(18)23(27)29/h5-10,19H,1-4H3/t19-/m0/s1. The van der Waals surface area contributed by atoms with Gasteiger partial charge in [-0.15, -0.1) is 11.3 Å². The number of aryl methyl sites for hydroxylation is 1. The maximum Gasteiger partial charge on any atom is 0.297 e. The molecule has 1 amide bonds. The maximum atomic E-state index is 13.8. The Kier molecular flexibility index (Phi) is 5.57. The van der Waals surface area contributed by atoms with Crippen LogP contribution in [0.5, 0.6) is 17.2 Å². The van der Waals surface area contributed by atoms with Crippen LogP contribution >= 0.6 is 27.3 Å². The lowest BCUT2D eigenvalue weighted by Crippen LogP contribution is -2.29. The number of benzene rings is 2. The van der Waals surface area contributed by atoms with Crippen LogP contribution in [0.3, 0.4) is 0 Å². The Balaban J connectivity index is 1.84. The van der Waals surface area contributed by atoms with E-state index in [1.165, 1.54) is 37.6 Å². The number of aromatic nitrogens is 1.